The van der Waals surface area contributed by atoms with E-state index in [2.05, 4.69) is 31.3 Å². The lowest BCUT2D eigenvalue weighted by Gasteiger charge is -2.50. The van der Waals surface area contributed by atoms with E-state index in [0.29, 0.717) is 22.4 Å². The molecular formula is C30H33IN4O8. The molecule has 1 saturated heterocycles. The number of halogens is 1. The quantitative estimate of drug-likeness (QED) is 0.116. The number of furan rings is 1. The number of piperidine rings is 1. The molecule has 2 aromatic rings. The van der Waals surface area contributed by atoms with Gasteiger partial charge in [0.25, 0.3) is 5.91 Å². The van der Waals surface area contributed by atoms with Gasteiger partial charge in [-0.2, -0.15) is 0 Å². The second kappa shape index (κ2) is 10.6. The van der Waals surface area contributed by atoms with Crippen LogP contribution in [0, 0.1) is 11.8 Å². The summed E-state index contributed by atoms with van der Waals surface area (Å²) < 4.78 is 7.55. The number of aliphatic hydroxyl groups is 3. The summed E-state index contributed by atoms with van der Waals surface area (Å²) in [6.45, 7) is 1.73. The Morgan fingerprint density at radius 1 is 1.21 bits per heavy atom. The maximum absolute atomic E-state index is 14.2. The van der Waals surface area contributed by atoms with Gasteiger partial charge in [0.2, 0.25) is 5.78 Å². The van der Waals surface area contributed by atoms with Crippen molar-refractivity contribution in [2.45, 2.75) is 43.4 Å². The molecule has 13 heteroatoms. The third-order valence-corrected chi connectivity index (χ3v) is 10.3. The average molecular weight is 705 g/mol. The number of primary amides is 1. The van der Waals surface area contributed by atoms with Gasteiger partial charge in [-0.3, -0.25) is 19.3 Å². The number of rotatable bonds is 5. The Labute approximate surface area is 261 Å². The number of hydrogen-bond donors (Lipinski definition) is 6. The molecule has 2 fully saturated rings. The molecule has 2 heterocycles. The molecule has 12 nitrogen and oxygen atoms in total. The van der Waals surface area contributed by atoms with E-state index in [-0.39, 0.29) is 35.8 Å². The number of hydrogen-bond acceptors (Lipinski definition) is 11. The van der Waals surface area contributed by atoms with Crippen LogP contribution in [-0.4, -0.2) is 90.8 Å². The van der Waals surface area contributed by atoms with E-state index in [1.54, 1.807) is 26.4 Å². The van der Waals surface area contributed by atoms with Gasteiger partial charge in [-0.15, -0.1) is 0 Å². The normalized spacial score (nSPS) is 28.2. The number of phenols is 1. The van der Waals surface area contributed by atoms with Gasteiger partial charge < -0.3 is 35.9 Å². The van der Waals surface area contributed by atoms with Crippen molar-refractivity contribution in [3.63, 3.8) is 0 Å². The Bertz CT molecular complexity index is 1590. The van der Waals surface area contributed by atoms with E-state index in [1.807, 2.05) is 6.07 Å². The second-order valence-electron chi connectivity index (χ2n) is 12.0. The third-order valence-electron chi connectivity index (χ3n) is 9.35. The van der Waals surface area contributed by atoms with Gasteiger partial charge in [0.1, 0.15) is 22.8 Å². The molecule has 7 N–H and O–H groups in total. The molecule has 0 unspecified atom stereocenters. The predicted molar refractivity (Wildman–Crippen MR) is 164 cm³/mol. The van der Waals surface area contributed by atoms with E-state index in [9.17, 15) is 34.8 Å². The molecule has 0 spiro atoms. The van der Waals surface area contributed by atoms with Gasteiger partial charge >= 0.3 is 0 Å². The lowest BCUT2D eigenvalue weighted by Crippen LogP contribution is -2.65. The lowest BCUT2D eigenvalue weighted by molar-refractivity contribution is -0.153. The van der Waals surface area contributed by atoms with Gasteiger partial charge in [-0.05, 0) is 69.0 Å². The third kappa shape index (κ3) is 4.47. The van der Waals surface area contributed by atoms with Crippen molar-refractivity contribution < 1.29 is 39.2 Å². The zero-order valence-corrected chi connectivity index (χ0v) is 25.8. The summed E-state index contributed by atoms with van der Waals surface area (Å²) in [6, 6.07) is 2.50. The highest BCUT2D eigenvalue weighted by atomic mass is 127. The highest BCUT2D eigenvalue weighted by Crippen LogP contribution is 2.54. The molecule has 43 heavy (non-hydrogen) atoms. The standard InChI is InChI=1S/C30H33IN4O8/c1-34(2)23-18-10-14-9-17-16(13-5-8-43-12-13)11-19(33-15-3-6-35(31)7-4-15)24(36)21(17)25(37)20(14)27(39)30(18,42)28(40)22(26(23)38)29(32)41/h5,8,11-12,14-15,18,23,33,36-37,40,42H,3-4,6-7,9-10H2,1-2H3,(H2,32,41)/t14-,18-,23-,30-/m0/s1. The van der Waals surface area contributed by atoms with Crippen LogP contribution in [0.1, 0.15) is 30.4 Å². The summed E-state index contributed by atoms with van der Waals surface area (Å²) in [7, 11) is 3.14. The fraction of sp³-hybridized carbons (Fsp3) is 0.433. The minimum atomic E-state index is -2.68. The molecular weight excluding hydrogens is 671 g/mol. The first kappa shape index (κ1) is 29.7. The molecule has 6 rings (SSSR count). The van der Waals surface area contributed by atoms with Crippen LogP contribution >= 0.6 is 22.9 Å². The monoisotopic (exact) mass is 704 g/mol. The van der Waals surface area contributed by atoms with Crippen molar-refractivity contribution in [1.29, 1.82) is 0 Å². The summed E-state index contributed by atoms with van der Waals surface area (Å²) in [5.41, 5.74) is 4.11. The summed E-state index contributed by atoms with van der Waals surface area (Å²) in [6.07, 6.45) is 4.96. The van der Waals surface area contributed by atoms with Crippen LogP contribution in [0.15, 0.2) is 46.0 Å². The molecule has 4 aliphatic rings. The predicted octanol–water partition coefficient (Wildman–Crippen LogP) is 2.45. The minimum absolute atomic E-state index is 0.0201. The number of nitrogens with one attached hydrogen (secondary N) is 1. The topological polar surface area (TPSA) is 190 Å². The number of nitrogens with two attached hydrogens (primary N) is 1. The molecule has 0 radical (unpaired) electrons. The summed E-state index contributed by atoms with van der Waals surface area (Å²) in [4.78, 5) is 41.2. The Balaban J connectivity index is 1.53. The summed E-state index contributed by atoms with van der Waals surface area (Å²) in [5.74, 6) is -6.77. The van der Waals surface area contributed by atoms with Gasteiger partial charge in [0, 0.05) is 59.1 Å². The Hall–Kier alpha value is -3.40. The van der Waals surface area contributed by atoms with Crippen molar-refractivity contribution in [1.82, 2.24) is 8.01 Å². The van der Waals surface area contributed by atoms with Gasteiger partial charge in [-0.1, -0.05) is 0 Å². The van der Waals surface area contributed by atoms with Crippen molar-refractivity contribution in [3.05, 3.63) is 52.7 Å². The first-order valence-electron chi connectivity index (χ1n) is 14.1. The van der Waals surface area contributed by atoms with Crippen molar-refractivity contribution in [3.8, 4) is 16.9 Å². The van der Waals surface area contributed by atoms with Crippen molar-refractivity contribution in [2.75, 3.05) is 32.5 Å². The van der Waals surface area contributed by atoms with Gasteiger partial charge in [0.15, 0.2) is 11.4 Å². The number of benzene rings is 1. The SMILES string of the molecule is CN(C)[C@@H]1C(=O)C(C(N)=O)=C(O)[C@@]2(O)C(=O)C3=C(O)c4c(O)c(NC5CCN(I)CC5)cc(-c5ccoc5)c4C[C@H]3C[C@@H]12. The number of carbonyl (C=O) groups excluding carboxylic acids is 3. The number of amides is 1. The van der Waals surface area contributed by atoms with E-state index in [1.165, 1.54) is 11.2 Å². The van der Waals surface area contributed by atoms with Gasteiger partial charge in [0.05, 0.1) is 29.8 Å². The largest absolute Gasteiger partial charge is 0.508 e. The van der Waals surface area contributed by atoms with Crippen LogP contribution in [0.3, 0.4) is 0 Å². The molecule has 0 bridgehead atoms. The number of aliphatic hydroxyl groups excluding tert-OH is 2. The number of Topliss-reactive ketones (excluding diaryl/α,β-unsaturated/α-hetero) is 2. The fourth-order valence-electron chi connectivity index (χ4n) is 7.31. The summed E-state index contributed by atoms with van der Waals surface area (Å²) >= 11 is 2.28. The smallest absolute Gasteiger partial charge is 0.255 e. The maximum Gasteiger partial charge on any atom is 0.255 e. The Morgan fingerprint density at radius 2 is 1.91 bits per heavy atom. The highest BCUT2D eigenvalue weighted by molar-refractivity contribution is 14.1. The molecule has 3 aliphatic carbocycles. The lowest BCUT2D eigenvalue weighted by atomic mass is 9.57. The highest BCUT2D eigenvalue weighted by Gasteiger charge is 2.64. The Morgan fingerprint density at radius 3 is 2.51 bits per heavy atom. The first-order chi connectivity index (χ1) is 20.4. The molecule has 4 atom stereocenters. The van der Waals surface area contributed by atoms with Crippen LogP contribution in [-0.2, 0) is 20.8 Å². The molecule has 1 aliphatic heterocycles. The molecule has 1 amide bonds. The van der Waals surface area contributed by atoms with E-state index < -0.39 is 58.0 Å². The number of aromatic hydroxyl groups is 1. The number of carbonyl (C=O) groups is 3. The average Bonchev–Trinajstić information content (AvgIpc) is 3.48. The zero-order chi connectivity index (χ0) is 31.0. The number of likely N-dealkylation sites (N-methyl/N-ethyl adjacent to an activating group) is 1. The van der Waals surface area contributed by atoms with Crippen LogP contribution in [0.2, 0.25) is 0 Å². The zero-order valence-electron chi connectivity index (χ0n) is 23.6. The van der Waals surface area contributed by atoms with Crippen LogP contribution in [0.5, 0.6) is 5.75 Å². The number of anilines is 1. The molecule has 1 aromatic carbocycles. The number of fused-ring (bicyclic) bond motifs is 3. The van der Waals surface area contributed by atoms with E-state index >= 15 is 0 Å². The van der Waals surface area contributed by atoms with Crippen LogP contribution in [0.4, 0.5) is 5.69 Å². The van der Waals surface area contributed by atoms with E-state index in [0.717, 1.165) is 25.9 Å². The molecule has 1 saturated carbocycles. The fourth-order valence-corrected chi connectivity index (χ4v) is 7.87. The second-order valence-corrected chi connectivity index (χ2v) is 13.3. The minimum Gasteiger partial charge on any atom is -0.508 e. The maximum atomic E-state index is 14.2. The van der Waals surface area contributed by atoms with Crippen molar-refractivity contribution in [2.24, 2.45) is 17.6 Å². The van der Waals surface area contributed by atoms with Crippen LogP contribution in [0.25, 0.3) is 16.9 Å². The molecule has 1 aromatic heterocycles. The van der Waals surface area contributed by atoms with Crippen molar-refractivity contribution >= 4 is 51.8 Å². The van der Waals surface area contributed by atoms with Crippen LogP contribution < -0.4 is 11.1 Å². The number of ketones is 2. The first-order valence-corrected chi connectivity index (χ1v) is 15.1. The summed E-state index contributed by atoms with van der Waals surface area (Å²) in [5, 5.41) is 49.7. The Kier molecular flexibility index (Phi) is 7.34. The number of nitrogens with zero attached hydrogens (tertiary/aromatic N) is 2. The number of phenolic OH excluding ortho intramolecular Hbond substituents is 1. The molecule has 228 valence electrons. The van der Waals surface area contributed by atoms with Gasteiger partial charge in [-0.25, -0.2) is 3.11 Å². The van der Waals surface area contributed by atoms with E-state index in [4.69, 9.17) is 10.2 Å².